The van der Waals surface area contributed by atoms with Gasteiger partial charge in [0.1, 0.15) is 18.2 Å². The molecule has 0 bridgehead atoms. The number of rotatable bonds is 3. The minimum absolute atomic E-state index is 0.155. The molecule has 1 aromatic carbocycles. The zero-order chi connectivity index (χ0) is 18.3. The zero-order valence-corrected chi connectivity index (χ0v) is 13.3. The molecule has 0 unspecified atom stereocenters. The van der Waals surface area contributed by atoms with Crippen molar-refractivity contribution < 1.29 is 13.6 Å². The van der Waals surface area contributed by atoms with Gasteiger partial charge in [-0.2, -0.15) is 0 Å². The van der Waals surface area contributed by atoms with E-state index in [0.717, 1.165) is 21.3 Å². The lowest BCUT2D eigenvalue weighted by Crippen LogP contribution is -2.42. The zero-order valence-electron chi connectivity index (χ0n) is 13.3. The number of aromatic nitrogens is 4. The third-order valence-corrected chi connectivity index (χ3v) is 3.71. The summed E-state index contributed by atoms with van der Waals surface area (Å²) in [4.78, 5) is 40.8. The Morgan fingerprint density at radius 3 is 2.64 bits per heavy atom. The predicted octanol–water partition coefficient (Wildman–Crippen LogP) is 0.351. The van der Waals surface area contributed by atoms with Crippen molar-refractivity contribution in [3.63, 3.8) is 0 Å². The van der Waals surface area contributed by atoms with Gasteiger partial charge in [-0.3, -0.25) is 14.2 Å². The Morgan fingerprint density at radius 2 is 1.96 bits per heavy atom. The van der Waals surface area contributed by atoms with E-state index in [4.69, 9.17) is 0 Å². The summed E-state index contributed by atoms with van der Waals surface area (Å²) in [5, 5.41) is 2.21. The van der Waals surface area contributed by atoms with E-state index >= 15 is 0 Å². The number of fused-ring (bicyclic) bond motifs is 1. The Bertz CT molecular complexity index is 1110. The number of carbonyl (C=O) groups excluding carboxylic acids is 1. The number of nitrogens with one attached hydrogen (secondary N) is 1. The van der Waals surface area contributed by atoms with Crippen LogP contribution >= 0.6 is 0 Å². The maximum absolute atomic E-state index is 13.6. The van der Waals surface area contributed by atoms with Gasteiger partial charge in [0.15, 0.2) is 11.2 Å². The van der Waals surface area contributed by atoms with Gasteiger partial charge in [0.05, 0.1) is 12.0 Å². The Hall–Kier alpha value is -3.30. The maximum atomic E-state index is 13.6. The van der Waals surface area contributed by atoms with Crippen LogP contribution in [0.2, 0.25) is 0 Å². The standard InChI is InChI=1S/C15H13F2N5O3/c1-20-7-18-13-12(20)14(24)22(15(25)21(13)2)6-11(23)19-10-4-3-8(16)5-9(10)17/h3-5,7H,6H2,1-2H3,(H,19,23). The van der Waals surface area contributed by atoms with Crippen molar-refractivity contribution >= 4 is 22.8 Å². The van der Waals surface area contributed by atoms with Gasteiger partial charge >= 0.3 is 5.69 Å². The molecule has 3 rings (SSSR count). The number of anilines is 1. The molecule has 8 nitrogen and oxygen atoms in total. The molecular weight excluding hydrogens is 336 g/mol. The Kier molecular flexibility index (Phi) is 3.95. The first-order valence-electron chi connectivity index (χ1n) is 7.15. The normalized spacial score (nSPS) is 11.0. The molecule has 2 heterocycles. The summed E-state index contributed by atoms with van der Waals surface area (Å²) < 4.78 is 29.8. The van der Waals surface area contributed by atoms with Gasteiger partial charge in [0.25, 0.3) is 5.56 Å². The molecule has 0 aliphatic rings. The first-order chi connectivity index (χ1) is 11.8. The monoisotopic (exact) mass is 349 g/mol. The molecule has 0 aliphatic heterocycles. The fourth-order valence-corrected chi connectivity index (χ4v) is 2.46. The van der Waals surface area contributed by atoms with Crippen molar-refractivity contribution in [2.75, 3.05) is 5.32 Å². The van der Waals surface area contributed by atoms with Crippen molar-refractivity contribution in [2.24, 2.45) is 14.1 Å². The summed E-state index contributed by atoms with van der Waals surface area (Å²) in [5.74, 6) is -2.55. The van der Waals surface area contributed by atoms with E-state index in [9.17, 15) is 23.2 Å². The lowest BCUT2D eigenvalue weighted by atomic mass is 10.3. The van der Waals surface area contributed by atoms with Gasteiger partial charge < -0.3 is 9.88 Å². The van der Waals surface area contributed by atoms with Crippen LogP contribution in [0.4, 0.5) is 14.5 Å². The summed E-state index contributed by atoms with van der Waals surface area (Å²) in [7, 11) is 3.00. The number of imidazole rings is 1. The second-order valence-electron chi connectivity index (χ2n) is 5.43. The van der Waals surface area contributed by atoms with Gasteiger partial charge in [0, 0.05) is 20.2 Å². The van der Waals surface area contributed by atoms with E-state index < -0.39 is 35.3 Å². The fourth-order valence-electron chi connectivity index (χ4n) is 2.46. The number of aryl methyl sites for hydroxylation is 2. The molecule has 0 radical (unpaired) electrons. The Labute approximate surface area is 138 Å². The average molecular weight is 349 g/mol. The number of hydrogen-bond acceptors (Lipinski definition) is 4. The number of benzene rings is 1. The van der Waals surface area contributed by atoms with Crippen LogP contribution in [0.3, 0.4) is 0 Å². The van der Waals surface area contributed by atoms with Crippen molar-refractivity contribution in [1.29, 1.82) is 0 Å². The highest BCUT2D eigenvalue weighted by Crippen LogP contribution is 2.14. The van der Waals surface area contributed by atoms with Crippen LogP contribution in [0.15, 0.2) is 34.1 Å². The molecular formula is C15H13F2N5O3. The van der Waals surface area contributed by atoms with Crippen molar-refractivity contribution in [1.82, 2.24) is 18.7 Å². The largest absolute Gasteiger partial charge is 0.332 e. The van der Waals surface area contributed by atoms with Crippen LogP contribution in [-0.2, 0) is 25.4 Å². The lowest BCUT2D eigenvalue weighted by molar-refractivity contribution is -0.116. The van der Waals surface area contributed by atoms with Gasteiger partial charge in [-0.25, -0.2) is 23.1 Å². The smallest absolute Gasteiger partial charge is 0.328 e. The highest BCUT2D eigenvalue weighted by Gasteiger charge is 2.17. The summed E-state index contributed by atoms with van der Waals surface area (Å²) in [6.45, 7) is -0.622. The van der Waals surface area contributed by atoms with Crippen LogP contribution in [-0.4, -0.2) is 24.6 Å². The Morgan fingerprint density at radius 1 is 1.24 bits per heavy atom. The summed E-state index contributed by atoms with van der Waals surface area (Å²) >= 11 is 0. The van der Waals surface area contributed by atoms with E-state index in [0.29, 0.717) is 6.07 Å². The SMILES string of the molecule is Cn1cnc2c1c(=O)n(CC(=O)Nc1ccc(F)cc1F)c(=O)n2C. The van der Waals surface area contributed by atoms with E-state index in [1.54, 1.807) is 7.05 Å². The van der Waals surface area contributed by atoms with E-state index in [1.165, 1.54) is 17.9 Å². The van der Waals surface area contributed by atoms with E-state index in [-0.39, 0.29) is 16.9 Å². The first-order valence-corrected chi connectivity index (χ1v) is 7.15. The van der Waals surface area contributed by atoms with Crippen molar-refractivity contribution in [2.45, 2.75) is 6.54 Å². The molecule has 0 saturated carbocycles. The van der Waals surface area contributed by atoms with Gasteiger partial charge in [-0.15, -0.1) is 0 Å². The molecule has 0 aliphatic carbocycles. The highest BCUT2D eigenvalue weighted by molar-refractivity contribution is 5.90. The summed E-state index contributed by atoms with van der Waals surface area (Å²) in [6, 6.07) is 2.64. The molecule has 130 valence electrons. The molecule has 0 saturated heterocycles. The fraction of sp³-hybridized carbons (Fsp3) is 0.200. The van der Waals surface area contributed by atoms with E-state index in [2.05, 4.69) is 10.3 Å². The average Bonchev–Trinajstić information content (AvgIpc) is 2.94. The quantitative estimate of drug-likeness (QED) is 0.739. The van der Waals surface area contributed by atoms with Crippen LogP contribution in [0.25, 0.3) is 11.2 Å². The lowest BCUT2D eigenvalue weighted by Gasteiger charge is -2.10. The Balaban J connectivity index is 1.98. The first kappa shape index (κ1) is 16.6. The number of halogens is 2. The van der Waals surface area contributed by atoms with Crippen LogP contribution < -0.4 is 16.6 Å². The molecule has 1 N–H and O–H groups in total. The third-order valence-electron chi connectivity index (χ3n) is 3.71. The van der Waals surface area contributed by atoms with Crippen molar-refractivity contribution in [3.8, 4) is 0 Å². The highest BCUT2D eigenvalue weighted by atomic mass is 19.1. The number of nitrogens with zero attached hydrogens (tertiary/aromatic N) is 4. The second-order valence-corrected chi connectivity index (χ2v) is 5.43. The number of amides is 1. The minimum atomic E-state index is -0.962. The topological polar surface area (TPSA) is 90.9 Å². The molecule has 3 aromatic rings. The van der Waals surface area contributed by atoms with Gasteiger partial charge in [0.2, 0.25) is 5.91 Å². The molecule has 0 spiro atoms. The second kappa shape index (κ2) is 5.96. The van der Waals surface area contributed by atoms with Crippen LogP contribution in [0.1, 0.15) is 0 Å². The van der Waals surface area contributed by atoms with Crippen LogP contribution in [0, 0.1) is 11.6 Å². The van der Waals surface area contributed by atoms with Crippen LogP contribution in [0.5, 0.6) is 0 Å². The maximum Gasteiger partial charge on any atom is 0.332 e. The van der Waals surface area contributed by atoms with Gasteiger partial charge in [-0.05, 0) is 12.1 Å². The summed E-state index contributed by atoms with van der Waals surface area (Å²) in [5.41, 5.74) is -1.32. The number of carbonyl (C=O) groups is 1. The molecule has 10 heteroatoms. The van der Waals surface area contributed by atoms with E-state index in [1.807, 2.05) is 0 Å². The third kappa shape index (κ3) is 2.82. The molecule has 1 amide bonds. The molecule has 0 fully saturated rings. The minimum Gasteiger partial charge on any atom is -0.328 e. The van der Waals surface area contributed by atoms with Crippen molar-refractivity contribution in [3.05, 3.63) is 57.0 Å². The summed E-state index contributed by atoms with van der Waals surface area (Å²) in [6.07, 6.45) is 1.38. The molecule has 0 atom stereocenters. The molecule has 2 aromatic heterocycles. The predicted molar refractivity (Wildman–Crippen MR) is 85.2 cm³/mol. The molecule has 25 heavy (non-hydrogen) atoms. The van der Waals surface area contributed by atoms with Gasteiger partial charge in [-0.1, -0.05) is 0 Å². The number of hydrogen-bond donors (Lipinski definition) is 1.